The molecule has 4 nitrogen and oxygen atoms in total. The van der Waals surface area contributed by atoms with Crippen molar-refractivity contribution in [2.75, 3.05) is 7.11 Å². The lowest BCUT2D eigenvalue weighted by atomic mass is 10.1. The number of hydrogen-bond acceptors (Lipinski definition) is 4. The zero-order valence-corrected chi connectivity index (χ0v) is 8.02. The Bertz CT molecular complexity index is 344. The van der Waals surface area contributed by atoms with E-state index in [9.17, 15) is 9.90 Å². The van der Waals surface area contributed by atoms with Gasteiger partial charge >= 0.3 is 0 Å². The number of phenols is 1. The molecular weight excluding hydrogens is 184 g/mol. The minimum Gasteiger partial charge on any atom is -0.504 e. The lowest BCUT2D eigenvalue weighted by Crippen LogP contribution is -2.15. The summed E-state index contributed by atoms with van der Waals surface area (Å²) in [5.74, 6) is -0.213. The Labute approximate surface area is 81.8 Å². The summed E-state index contributed by atoms with van der Waals surface area (Å²) in [6.45, 7) is 1.39. The van der Waals surface area contributed by atoms with E-state index in [-0.39, 0.29) is 11.5 Å². The summed E-state index contributed by atoms with van der Waals surface area (Å²) >= 11 is 0. The number of methoxy groups -OCH3 is 1. The number of aliphatic hydroxyl groups is 1. The molecule has 14 heavy (non-hydrogen) atoms. The average molecular weight is 196 g/mol. The van der Waals surface area contributed by atoms with Crippen LogP contribution in [0, 0.1) is 0 Å². The lowest BCUT2D eigenvalue weighted by Gasteiger charge is -2.07. The van der Waals surface area contributed by atoms with Gasteiger partial charge in [0.15, 0.2) is 17.3 Å². The fourth-order valence-electron chi connectivity index (χ4n) is 1.07. The zero-order valence-electron chi connectivity index (χ0n) is 8.02. The summed E-state index contributed by atoms with van der Waals surface area (Å²) in [5.41, 5.74) is 0.314. The number of rotatable bonds is 3. The number of Topliss-reactive ketones (excluding diaryl/α,β-unsaturated/α-hetero) is 1. The molecule has 76 valence electrons. The first-order chi connectivity index (χ1) is 6.56. The van der Waals surface area contributed by atoms with Crippen molar-refractivity contribution in [1.82, 2.24) is 0 Å². The molecule has 4 heteroatoms. The van der Waals surface area contributed by atoms with Crippen molar-refractivity contribution in [2.24, 2.45) is 0 Å². The molecule has 0 fully saturated rings. The average Bonchev–Trinajstić information content (AvgIpc) is 2.17. The van der Waals surface area contributed by atoms with Crippen molar-refractivity contribution in [2.45, 2.75) is 13.0 Å². The maximum absolute atomic E-state index is 11.3. The molecule has 0 heterocycles. The highest BCUT2D eigenvalue weighted by Gasteiger charge is 2.13. The smallest absolute Gasteiger partial charge is 0.191 e. The van der Waals surface area contributed by atoms with Crippen LogP contribution in [0.15, 0.2) is 18.2 Å². The van der Waals surface area contributed by atoms with E-state index in [2.05, 4.69) is 0 Å². The molecule has 0 saturated heterocycles. The summed E-state index contributed by atoms with van der Waals surface area (Å²) in [6.07, 6.45) is -1.05. The Hall–Kier alpha value is -1.55. The molecule has 0 bridgehead atoms. The van der Waals surface area contributed by atoms with Gasteiger partial charge in [-0.05, 0) is 25.1 Å². The van der Waals surface area contributed by atoms with Gasteiger partial charge in [0.2, 0.25) is 0 Å². The van der Waals surface area contributed by atoms with Gasteiger partial charge in [-0.1, -0.05) is 0 Å². The van der Waals surface area contributed by atoms with Gasteiger partial charge in [0.05, 0.1) is 7.11 Å². The standard InChI is InChI=1S/C10H12O4/c1-6(11)10(13)7-3-4-8(12)9(5-7)14-2/h3-6,11-12H,1-2H3. The first kappa shape index (κ1) is 10.5. The van der Waals surface area contributed by atoms with Crippen LogP contribution < -0.4 is 4.74 Å². The number of hydrogen-bond donors (Lipinski definition) is 2. The van der Waals surface area contributed by atoms with E-state index < -0.39 is 11.9 Å². The van der Waals surface area contributed by atoms with Crippen LogP contribution in [0.5, 0.6) is 11.5 Å². The largest absolute Gasteiger partial charge is 0.504 e. The molecule has 1 atom stereocenters. The van der Waals surface area contributed by atoms with Crippen LogP contribution in [-0.2, 0) is 0 Å². The molecule has 0 radical (unpaired) electrons. The Balaban J connectivity index is 3.06. The van der Waals surface area contributed by atoms with Gasteiger partial charge in [0, 0.05) is 5.56 Å². The molecule has 0 spiro atoms. The van der Waals surface area contributed by atoms with Gasteiger partial charge in [-0.25, -0.2) is 0 Å². The summed E-state index contributed by atoms with van der Waals surface area (Å²) in [4.78, 5) is 11.3. The van der Waals surface area contributed by atoms with Crippen LogP contribution in [-0.4, -0.2) is 29.2 Å². The highest BCUT2D eigenvalue weighted by molar-refractivity contribution is 5.99. The molecule has 1 aromatic carbocycles. The number of phenolic OH excluding ortho intramolecular Hbond substituents is 1. The Morgan fingerprint density at radius 3 is 2.64 bits per heavy atom. The van der Waals surface area contributed by atoms with E-state index in [1.807, 2.05) is 0 Å². The predicted octanol–water partition coefficient (Wildman–Crippen LogP) is 0.964. The maximum Gasteiger partial charge on any atom is 0.191 e. The van der Waals surface area contributed by atoms with E-state index >= 15 is 0 Å². The van der Waals surface area contributed by atoms with Crippen LogP contribution >= 0.6 is 0 Å². The number of carbonyl (C=O) groups excluding carboxylic acids is 1. The van der Waals surface area contributed by atoms with Gasteiger partial charge in [-0.15, -0.1) is 0 Å². The van der Waals surface area contributed by atoms with Crippen LogP contribution in [0.1, 0.15) is 17.3 Å². The minimum absolute atomic E-state index is 0.0327. The number of benzene rings is 1. The molecular formula is C10H12O4. The SMILES string of the molecule is COc1cc(C(=O)C(C)O)ccc1O. The highest BCUT2D eigenvalue weighted by Crippen LogP contribution is 2.26. The third kappa shape index (κ3) is 2.03. The first-order valence-corrected chi connectivity index (χ1v) is 4.15. The van der Waals surface area contributed by atoms with Gasteiger partial charge in [0.1, 0.15) is 6.10 Å². The first-order valence-electron chi connectivity index (χ1n) is 4.15. The number of aliphatic hydroxyl groups excluding tert-OH is 1. The molecule has 1 aromatic rings. The van der Waals surface area contributed by atoms with Gasteiger partial charge in [-0.3, -0.25) is 4.79 Å². The van der Waals surface area contributed by atoms with Crippen molar-refractivity contribution in [1.29, 1.82) is 0 Å². The number of carbonyl (C=O) groups is 1. The monoisotopic (exact) mass is 196 g/mol. The summed E-state index contributed by atoms with van der Waals surface area (Å²) < 4.78 is 4.83. The second-order valence-corrected chi connectivity index (χ2v) is 2.93. The van der Waals surface area contributed by atoms with E-state index in [1.54, 1.807) is 0 Å². The van der Waals surface area contributed by atoms with Gasteiger partial charge in [0.25, 0.3) is 0 Å². The topological polar surface area (TPSA) is 66.8 Å². The molecule has 0 aliphatic heterocycles. The normalized spacial score (nSPS) is 12.2. The van der Waals surface area contributed by atoms with Crippen LogP contribution in [0.2, 0.25) is 0 Å². The fourth-order valence-corrected chi connectivity index (χ4v) is 1.07. The zero-order chi connectivity index (χ0) is 10.7. The molecule has 0 amide bonds. The van der Waals surface area contributed by atoms with Crippen LogP contribution in [0.4, 0.5) is 0 Å². The molecule has 2 N–H and O–H groups in total. The van der Waals surface area contributed by atoms with Crippen molar-refractivity contribution in [3.63, 3.8) is 0 Å². The molecule has 0 aromatic heterocycles. The summed E-state index contributed by atoms with van der Waals surface area (Å²) in [7, 11) is 1.39. The van der Waals surface area contributed by atoms with Crippen molar-refractivity contribution < 1.29 is 19.7 Å². The maximum atomic E-state index is 11.3. The molecule has 1 rings (SSSR count). The van der Waals surface area contributed by atoms with Crippen molar-refractivity contribution in [3.05, 3.63) is 23.8 Å². The van der Waals surface area contributed by atoms with Gasteiger partial charge in [-0.2, -0.15) is 0 Å². The van der Waals surface area contributed by atoms with Crippen molar-refractivity contribution >= 4 is 5.78 Å². The molecule has 0 aliphatic rings. The van der Waals surface area contributed by atoms with Gasteiger partial charge < -0.3 is 14.9 Å². The Kier molecular flexibility index (Phi) is 3.09. The Morgan fingerprint density at radius 1 is 1.50 bits per heavy atom. The second-order valence-electron chi connectivity index (χ2n) is 2.93. The molecule has 0 aliphatic carbocycles. The van der Waals surface area contributed by atoms with Crippen LogP contribution in [0.3, 0.4) is 0 Å². The Morgan fingerprint density at radius 2 is 2.14 bits per heavy atom. The summed E-state index contributed by atoms with van der Waals surface area (Å²) in [5, 5.41) is 18.3. The summed E-state index contributed by atoms with van der Waals surface area (Å²) in [6, 6.07) is 4.19. The van der Waals surface area contributed by atoms with Crippen molar-refractivity contribution in [3.8, 4) is 11.5 Å². The van der Waals surface area contributed by atoms with E-state index in [4.69, 9.17) is 9.84 Å². The molecule has 1 unspecified atom stereocenters. The van der Waals surface area contributed by atoms with E-state index in [0.717, 1.165) is 0 Å². The van der Waals surface area contributed by atoms with E-state index in [1.165, 1.54) is 32.2 Å². The third-order valence-corrected chi connectivity index (χ3v) is 1.84. The molecule has 0 saturated carbocycles. The fraction of sp³-hybridized carbons (Fsp3) is 0.300. The minimum atomic E-state index is -1.05. The second kappa shape index (κ2) is 4.11. The van der Waals surface area contributed by atoms with Crippen LogP contribution in [0.25, 0.3) is 0 Å². The quantitative estimate of drug-likeness (QED) is 0.707. The number of ether oxygens (including phenoxy) is 1. The predicted molar refractivity (Wildman–Crippen MR) is 50.7 cm³/mol. The number of aromatic hydroxyl groups is 1. The van der Waals surface area contributed by atoms with E-state index in [0.29, 0.717) is 5.56 Å². The number of ketones is 1. The lowest BCUT2D eigenvalue weighted by molar-refractivity contribution is 0.0779. The third-order valence-electron chi connectivity index (χ3n) is 1.84. The highest BCUT2D eigenvalue weighted by atomic mass is 16.5.